The first kappa shape index (κ1) is 22.3. The predicted octanol–water partition coefficient (Wildman–Crippen LogP) is 4.55. The van der Waals surface area contributed by atoms with Gasteiger partial charge in [0.05, 0.1) is 40.5 Å². The Morgan fingerprint density at radius 1 is 1.04 bits per heavy atom. The van der Waals surface area contributed by atoms with Gasteiger partial charge in [0, 0.05) is 5.69 Å². The second kappa shape index (κ2) is 9.98. The van der Waals surface area contributed by atoms with E-state index in [-0.39, 0.29) is 28.4 Å². The molecule has 0 aliphatic carbocycles. The molecule has 0 saturated heterocycles. The maximum atomic E-state index is 12.5. The molecule has 2 amide bonds. The van der Waals surface area contributed by atoms with Crippen molar-refractivity contribution in [3.8, 4) is 5.75 Å². The average molecular weight is 445 g/mol. The number of carbonyl (C=O) groups is 2. The van der Waals surface area contributed by atoms with Crippen LogP contribution in [0.5, 0.6) is 5.75 Å². The van der Waals surface area contributed by atoms with Gasteiger partial charge >= 0.3 is 0 Å². The number of hydrogen-bond donors (Lipinski definition) is 2. The van der Waals surface area contributed by atoms with Crippen LogP contribution in [0.4, 0.5) is 11.4 Å². The summed E-state index contributed by atoms with van der Waals surface area (Å²) in [6, 6.07) is 9.31. The molecule has 1 unspecified atom stereocenters. The van der Waals surface area contributed by atoms with Gasteiger partial charge in [-0.25, -0.2) is 0 Å². The van der Waals surface area contributed by atoms with E-state index in [2.05, 4.69) is 10.6 Å². The molecule has 0 spiro atoms. The highest BCUT2D eigenvalue weighted by atomic mass is 35.5. The van der Waals surface area contributed by atoms with Crippen molar-refractivity contribution in [2.75, 3.05) is 31.3 Å². The second-order valence-corrected chi connectivity index (χ2v) is 7.32. The standard InChI is InChI=1S/C19H20Cl3N3O3/c1-11(19(27)24-17-9-15(21)14(20)8-16(17)22)25(2)10-18(26)23-12-4-6-13(28-3)7-5-12/h4-9,11H,10H2,1-3H3,(H,23,26)(H,24,27). The SMILES string of the molecule is COc1ccc(NC(=O)CN(C)C(C)C(=O)Nc2cc(Cl)c(Cl)cc2Cl)cc1. The fourth-order valence-corrected chi connectivity index (χ4v) is 2.89. The molecule has 0 saturated carbocycles. The molecule has 0 radical (unpaired) electrons. The third-order valence-electron chi connectivity index (χ3n) is 4.08. The van der Waals surface area contributed by atoms with Gasteiger partial charge in [-0.15, -0.1) is 0 Å². The van der Waals surface area contributed by atoms with Gasteiger partial charge in [0.25, 0.3) is 0 Å². The Balaban J connectivity index is 1.93. The van der Waals surface area contributed by atoms with Crippen LogP contribution in [-0.4, -0.2) is 43.5 Å². The van der Waals surface area contributed by atoms with Crippen molar-refractivity contribution in [1.82, 2.24) is 4.90 Å². The molecule has 0 bridgehead atoms. The molecule has 150 valence electrons. The number of nitrogens with one attached hydrogen (secondary N) is 2. The largest absolute Gasteiger partial charge is 0.497 e. The fraction of sp³-hybridized carbons (Fsp3) is 0.263. The lowest BCUT2D eigenvalue weighted by molar-refractivity contribution is -0.122. The molecule has 0 aliphatic heterocycles. The lowest BCUT2D eigenvalue weighted by atomic mass is 10.2. The molecule has 1 atom stereocenters. The topological polar surface area (TPSA) is 70.7 Å². The van der Waals surface area contributed by atoms with Crippen LogP contribution in [0.3, 0.4) is 0 Å². The van der Waals surface area contributed by atoms with Crippen LogP contribution in [-0.2, 0) is 9.59 Å². The summed E-state index contributed by atoms with van der Waals surface area (Å²) < 4.78 is 5.08. The normalized spacial score (nSPS) is 11.8. The maximum Gasteiger partial charge on any atom is 0.241 e. The highest BCUT2D eigenvalue weighted by molar-refractivity contribution is 6.44. The summed E-state index contributed by atoms with van der Waals surface area (Å²) in [4.78, 5) is 26.3. The minimum Gasteiger partial charge on any atom is -0.497 e. The summed E-state index contributed by atoms with van der Waals surface area (Å²) >= 11 is 17.9. The molecule has 2 N–H and O–H groups in total. The molecule has 28 heavy (non-hydrogen) atoms. The lowest BCUT2D eigenvalue weighted by Gasteiger charge is -2.23. The van der Waals surface area contributed by atoms with Crippen molar-refractivity contribution in [3.63, 3.8) is 0 Å². The first-order chi connectivity index (χ1) is 13.2. The van der Waals surface area contributed by atoms with Crippen LogP contribution < -0.4 is 15.4 Å². The van der Waals surface area contributed by atoms with Crippen LogP contribution >= 0.6 is 34.8 Å². The molecule has 0 heterocycles. The molecule has 2 aromatic rings. The van der Waals surface area contributed by atoms with Crippen LogP contribution in [0, 0.1) is 0 Å². The second-order valence-electron chi connectivity index (χ2n) is 6.10. The van der Waals surface area contributed by atoms with Crippen molar-refractivity contribution in [3.05, 3.63) is 51.5 Å². The summed E-state index contributed by atoms with van der Waals surface area (Å²) in [6.45, 7) is 1.71. The first-order valence-electron chi connectivity index (χ1n) is 8.30. The van der Waals surface area contributed by atoms with Crippen molar-refractivity contribution in [2.45, 2.75) is 13.0 Å². The van der Waals surface area contributed by atoms with Gasteiger partial charge in [0.15, 0.2) is 0 Å². The third kappa shape index (κ3) is 6.01. The van der Waals surface area contributed by atoms with E-state index in [1.807, 2.05) is 0 Å². The number of halogens is 3. The Kier molecular flexibility index (Phi) is 7.95. The lowest BCUT2D eigenvalue weighted by Crippen LogP contribution is -2.43. The van der Waals surface area contributed by atoms with E-state index in [0.29, 0.717) is 22.1 Å². The van der Waals surface area contributed by atoms with Crippen molar-refractivity contribution >= 4 is 58.0 Å². The molecule has 0 aromatic heterocycles. The Morgan fingerprint density at radius 3 is 2.25 bits per heavy atom. The maximum absolute atomic E-state index is 12.5. The van der Waals surface area contributed by atoms with Crippen molar-refractivity contribution in [2.24, 2.45) is 0 Å². The Hall–Kier alpha value is -1.99. The fourth-order valence-electron chi connectivity index (χ4n) is 2.29. The average Bonchev–Trinajstić information content (AvgIpc) is 2.65. The zero-order valence-corrected chi connectivity index (χ0v) is 17.8. The zero-order valence-electron chi connectivity index (χ0n) is 15.6. The molecule has 2 rings (SSSR count). The smallest absolute Gasteiger partial charge is 0.241 e. The molecule has 0 aliphatic rings. The van der Waals surface area contributed by atoms with Gasteiger partial charge in [-0.2, -0.15) is 0 Å². The number of benzene rings is 2. The summed E-state index contributed by atoms with van der Waals surface area (Å²) in [5, 5.41) is 6.31. The molecule has 0 fully saturated rings. The number of ether oxygens (including phenoxy) is 1. The van der Waals surface area contributed by atoms with E-state index in [1.165, 1.54) is 12.1 Å². The minimum absolute atomic E-state index is 0.0235. The highest BCUT2D eigenvalue weighted by Gasteiger charge is 2.21. The van der Waals surface area contributed by atoms with E-state index in [1.54, 1.807) is 50.2 Å². The van der Waals surface area contributed by atoms with Gasteiger partial charge in [-0.3, -0.25) is 14.5 Å². The van der Waals surface area contributed by atoms with E-state index < -0.39 is 6.04 Å². The van der Waals surface area contributed by atoms with Gasteiger partial charge in [0.2, 0.25) is 11.8 Å². The molecular weight excluding hydrogens is 425 g/mol. The Bertz CT molecular complexity index is 859. The third-order valence-corrected chi connectivity index (χ3v) is 5.11. The van der Waals surface area contributed by atoms with E-state index >= 15 is 0 Å². The summed E-state index contributed by atoms with van der Waals surface area (Å²) in [5.74, 6) is 0.112. The monoisotopic (exact) mass is 443 g/mol. The van der Waals surface area contributed by atoms with E-state index in [9.17, 15) is 9.59 Å². The quantitative estimate of drug-likeness (QED) is 0.615. The predicted molar refractivity (Wildman–Crippen MR) is 114 cm³/mol. The van der Waals surface area contributed by atoms with Gasteiger partial charge in [0.1, 0.15) is 5.75 Å². The zero-order chi connectivity index (χ0) is 20.8. The number of methoxy groups -OCH3 is 1. The van der Waals surface area contributed by atoms with E-state index in [4.69, 9.17) is 39.5 Å². The number of hydrogen-bond acceptors (Lipinski definition) is 4. The molecule has 6 nitrogen and oxygen atoms in total. The Labute approximate surface area is 178 Å². The van der Waals surface area contributed by atoms with Gasteiger partial charge in [-0.05, 0) is 50.4 Å². The van der Waals surface area contributed by atoms with Crippen LogP contribution in [0.1, 0.15) is 6.92 Å². The van der Waals surface area contributed by atoms with Crippen molar-refractivity contribution < 1.29 is 14.3 Å². The van der Waals surface area contributed by atoms with Crippen LogP contribution in [0.25, 0.3) is 0 Å². The number of nitrogens with zero attached hydrogens (tertiary/aromatic N) is 1. The highest BCUT2D eigenvalue weighted by Crippen LogP contribution is 2.32. The van der Waals surface area contributed by atoms with Crippen LogP contribution in [0.15, 0.2) is 36.4 Å². The first-order valence-corrected chi connectivity index (χ1v) is 9.44. The summed E-state index contributed by atoms with van der Waals surface area (Å²) in [5.41, 5.74) is 0.989. The van der Waals surface area contributed by atoms with Gasteiger partial charge in [-0.1, -0.05) is 34.8 Å². The molecule has 2 aromatic carbocycles. The number of carbonyl (C=O) groups excluding carboxylic acids is 2. The summed E-state index contributed by atoms with van der Waals surface area (Å²) in [6.07, 6.45) is 0. The Morgan fingerprint density at radius 2 is 1.64 bits per heavy atom. The van der Waals surface area contributed by atoms with E-state index in [0.717, 1.165) is 0 Å². The summed E-state index contributed by atoms with van der Waals surface area (Å²) in [7, 11) is 3.24. The number of rotatable bonds is 7. The number of amides is 2. The minimum atomic E-state index is -0.591. The van der Waals surface area contributed by atoms with Crippen molar-refractivity contribution in [1.29, 1.82) is 0 Å². The molecular formula is C19H20Cl3N3O3. The van der Waals surface area contributed by atoms with Gasteiger partial charge < -0.3 is 15.4 Å². The number of anilines is 2. The molecule has 9 heteroatoms. The number of likely N-dealkylation sites (N-methyl/N-ethyl adjacent to an activating group) is 1. The van der Waals surface area contributed by atoms with Crippen LogP contribution in [0.2, 0.25) is 15.1 Å².